The van der Waals surface area contributed by atoms with Crippen LogP contribution < -0.4 is 5.32 Å². The summed E-state index contributed by atoms with van der Waals surface area (Å²) in [5, 5.41) is 2.83. The van der Waals surface area contributed by atoms with Crippen molar-refractivity contribution in [2.75, 3.05) is 13.1 Å². The molecule has 136 valence electrons. The minimum absolute atomic E-state index is 0.000159. The highest BCUT2D eigenvalue weighted by Gasteiger charge is 2.34. The van der Waals surface area contributed by atoms with Gasteiger partial charge in [0.1, 0.15) is 5.82 Å². The molecule has 0 saturated carbocycles. The summed E-state index contributed by atoms with van der Waals surface area (Å²) in [5.74, 6) is -0.739. The Kier molecular flexibility index (Phi) is 5.66. The molecule has 0 radical (unpaired) electrons. The zero-order valence-corrected chi connectivity index (χ0v) is 14.9. The Bertz CT molecular complexity index is 789. The Morgan fingerprint density at radius 2 is 1.92 bits per heavy atom. The van der Waals surface area contributed by atoms with E-state index in [2.05, 4.69) is 5.32 Å². The Morgan fingerprint density at radius 3 is 2.65 bits per heavy atom. The van der Waals surface area contributed by atoms with Crippen molar-refractivity contribution in [3.63, 3.8) is 0 Å². The van der Waals surface area contributed by atoms with Crippen molar-refractivity contribution in [3.05, 3.63) is 71.0 Å². The summed E-state index contributed by atoms with van der Waals surface area (Å²) in [4.78, 5) is 26.2. The molecule has 26 heavy (non-hydrogen) atoms. The fourth-order valence-corrected chi connectivity index (χ4v) is 3.18. The maximum atomic E-state index is 13.6. The van der Waals surface area contributed by atoms with Crippen LogP contribution in [0.1, 0.15) is 23.1 Å². The van der Waals surface area contributed by atoms with E-state index in [1.807, 2.05) is 31.2 Å². The summed E-state index contributed by atoms with van der Waals surface area (Å²) in [6.07, 6.45) is 0.670. The van der Waals surface area contributed by atoms with Crippen molar-refractivity contribution in [3.8, 4) is 0 Å². The van der Waals surface area contributed by atoms with Gasteiger partial charge < -0.3 is 10.2 Å². The summed E-state index contributed by atoms with van der Waals surface area (Å²) >= 11 is 0. The van der Waals surface area contributed by atoms with Crippen molar-refractivity contribution in [2.24, 2.45) is 5.92 Å². The molecule has 2 aromatic carbocycles. The minimum Gasteiger partial charge on any atom is -0.355 e. The smallest absolute Gasteiger partial charge is 0.225 e. The molecule has 1 atom stereocenters. The van der Waals surface area contributed by atoms with Crippen LogP contribution in [0.2, 0.25) is 0 Å². The van der Waals surface area contributed by atoms with Crippen molar-refractivity contribution in [2.45, 2.75) is 26.3 Å². The van der Waals surface area contributed by atoms with Crippen LogP contribution in [0.3, 0.4) is 0 Å². The van der Waals surface area contributed by atoms with Gasteiger partial charge in [0.05, 0.1) is 5.92 Å². The number of nitrogens with zero attached hydrogens (tertiary/aromatic N) is 1. The highest BCUT2D eigenvalue weighted by atomic mass is 19.1. The standard InChI is InChI=1S/C21H23FN2O2/c1-15-6-8-16(9-7-15)13-24-14-18(12-20(24)25)21(26)23-11-10-17-4-2-3-5-19(17)22/h2-9,18H,10-14H2,1H3,(H,23,26). The van der Waals surface area contributed by atoms with Gasteiger partial charge in [0.15, 0.2) is 0 Å². The highest BCUT2D eigenvalue weighted by Crippen LogP contribution is 2.20. The van der Waals surface area contributed by atoms with Crippen LogP contribution >= 0.6 is 0 Å². The number of hydrogen-bond acceptors (Lipinski definition) is 2. The summed E-state index contributed by atoms with van der Waals surface area (Å²) in [7, 11) is 0. The lowest BCUT2D eigenvalue weighted by Gasteiger charge is -2.17. The molecule has 0 bridgehead atoms. The van der Waals surface area contributed by atoms with Crippen molar-refractivity contribution < 1.29 is 14.0 Å². The lowest BCUT2D eigenvalue weighted by Crippen LogP contribution is -2.34. The van der Waals surface area contributed by atoms with E-state index in [0.29, 0.717) is 31.6 Å². The minimum atomic E-state index is -0.339. The molecule has 1 fully saturated rings. The third kappa shape index (κ3) is 4.48. The normalized spacial score (nSPS) is 16.8. The third-order valence-corrected chi connectivity index (χ3v) is 4.73. The van der Waals surface area contributed by atoms with E-state index in [-0.39, 0.29) is 30.0 Å². The van der Waals surface area contributed by atoms with Gasteiger partial charge in [-0.1, -0.05) is 48.0 Å². The van der Waals surface area contributed by atoms with E-state index in [4.69, 9.17) is 0 Å². The highest BCUT2D eigenvalue weighted by molar-refractivity contribution is 5.89. The van der Waals surface area contributed by atoms with Gasteiger partial charge in [-0.25, -0.2) is 4.39 Å². The molecule has 4 nitrogen and oxygen atoms in total. The number of halogens is 1. The van der Waals surface area contributed by atoms with Gasteiger partial charge in [0.2, 0.25) is 11.8 Å². The maximum Gasteiger partial charge on any atom is 0.225 e. The summed E-state index contributed by atoms with van der Waals surface area (Å²) in [6, 6.07) is 14.6. The molecule has 1 aliphatic heterocycles. The van der Waals surface area contributed by atoms with Crippen molar-refractivity contribution in [1.29, 1.82) is 0 Å². The van der Waals surface area contributed by atoms with Crippen LogP contribution in [-0.2, 0) is 22.6 Å². The molecule has 2 aromatic rings. The molecule has 0 aromatic heterocycles. The van der Waals surface area contributed by atoms with Gasteiger partial charge in [-0.15, -0.1) is 0 Å². The number of likely N-dealkylation sites (tertiary alicyclic amines) is 1. The molecule has 5 heteroatoms. The molecular weight excluding hydrogens is 331 g/mol. The second-order valence-electron chi connectivity index (χ2n) is 6.79. The molecule has 2 amide bonds. The molecule has 1 heterocycles. The average molecular weight is 354 g/mol. The zero-order valence-electron chi connectivity index (χ0n) is 14.9. The van der Waals surface area contributed by atoms with Gasteiger partial charge in [-0.05, 0) is 30.5 Å². The first-order chi connectivity index (χ1) is 12.5. The number of amides is 2. The zero-order chi connectivity index (χ0) is 18.5. The van der Waals surface area contributed by atoms with Crippen LogP contribution in [-0.4, -0.2) is 29.8 Å². The molecule has 1 saturated heterocycles. The van der Waals surface area contributed by atoms with E-state index in [0.717, 1.165) is 5.56 Å². The molecular formula is C21H23FN2O2. The molecule has 1 unspecified atom stereocenters. The number of carbonyl (C=O) groups excluding carboxylic acids is 2. The molecule has 0 aliphatic carbocycles. The Balaban J connectivity index is 1.49. The largest absolute Gasteiger partial charge is 0.355 e. The first-order valence-electron chi connectivity index (χ1n) is 8.87. The monoisotopic (exact) mass is 354 g/mol. The number of aryl methyl sites for hydroxylation is 1. The maximum absolute atomic E-state index is 13.6. The van der Waals surface area contributed by atoms with Gasteiger partial charge in [-0.2, -0.15) is 0 Å². The van der Waals surface area contributed by atoms with Crippen LogP contribution in [0, 0.1) is 18.7 Å². The Labute approximate surface area is 153 Å². The number of nitrogens with one attached hydrogen (secondary N) is 1. The molecule has 1 N–H and O–H groups in total. The van der Waals surface area contributed by atoms with Gasteiger partial charge >= 0.3 is 0 Å². The summed E-state index contributed by atoms with van der Waals surface area (Å²) in [5.41, 5.74) is 2.81. The number of carbonyl (C=O) groups is 2. The fraction of sp³-hybridized carbons (Fsp3) is 0.333. The quantitative estimate of drug-likeness (QED) is 0.867. The topological polar surface area (TPSA) is 49.4 Å². The van der Waals surface area contributed by atoms with E-state index < -0.39 is 0 Å². The second-order valence-corrected chi connectivity index (χ2v) is 6.79. The van der Waals surface area contributed by atoms with Crippen molar-refractivity contribution >= 4 is 11.8 Å². The third-order valence-electron chi connectivity index (χ3n) is 4.73. The lowest BCUT2D eigenvalue weighted by atomic mass is 10.1. The average Bonchev–Trinajstić information content (AvgIpc) is 2.99. The lowest BCUT2D eigenvalue weighted by molar-refractivity contribution is -0.129. The summed E-state index contributed by atoms with van der Waals surface area (Å²) < 4.78 is 13.6. The van der Waals surface area contributed by atoms with Crippen LogP contribution in [0.15, 0.2) is 48.5 Å². The van der Waals surface area contributed by atoms with E-state index in [1.54, 1.807) is 23.1 Å². The molecule has 1 aliphatic rings. The van der Waals surface area contributed by atoms with Crippen LogP contribution in [0.25, 0.3) is 0 Å². The number of hydrogen-bond donors (Lipinski definition) is 1. The predicted octanol–water partition coefficient (Wildman–Crippen LogP) is 2.84. The fourth-order valence-electron chi connectivity index (χ4n) is 3.18. The molecule has 3 rings (SSSR count). The number of benzene rings is 2. The van der Waals surface area contributed by atoms with E-state index in [9.17, 15) is 14.0 Å². The number of rotatable bonds is 6. The first-order valence-corrected chi connectivity index (χ1v) is 8.87. The van der Waals surface area contributed by atoms with Crippen LogP contribution in [0.4, 0.5) is 4.39 Å². The second kappa shape index (κ2) is 8.13. The van der Waals surface area contributed by atoms with Gasteiger partial charge in [0, 0.05) is 26.1 Å². The Hall–Kier alpha value is -2.69. The van der Waals surface area contributed by atoms with E-state index in [1.165, 1.54) is 11.6 Å². The Morgan fingerprint density at radius 1 is 1.19 bits per heavy atom. The van der Waals surface area contributed by atoms with Crippen LogP contribution in [0.5, 0.6) is 0 Å². The SMILES string of the molecule is Cc1ccc(CN2CC(C(=O)NCCc3ccccc3F)CC2=O)cc1. The van der Waals surface area contributed by atoms with Gasteiger partial charge in [0.25, 0.3) is 0 Å². The summed E-state index contributed by atoms with van der Waals surface area (Å²) in [6.45, 7) is 3.34. The molecule has 0 spiro atoms. The predicted molar refractivity (Wildman–Crippen MR) is 97.8 cm³/mol. The van der Waals surface area contributed by atoms with Crippen molar-refractivity contribution in [1.82, 2.24) is 10.2 Å². The van der Waals surface area contributed by atoms with E-state index >= 15 is 0 Å². The first kappa shape index (κ1) is 18.1. The van der Waals surface area contributed by atoms with Gasteiger partial charge in [-0.3, -0.25) is 9.59 Å².